The molecule has 2 heterocycles. The smallest absolute Gasteiger partial charge is 0.124 e. The van der Waals surface area contributed by atoms with Gasteiger partial charge in [0, 0.05) is 32.2 Å². The first-order chi connectivity index (χ1) is 6.92. The summed E-state index contributed by atoms with van der Waals surface area (Å²) in [6, 6.07) is 2.09. The summed E-state index contributed by atoms with van der Waals surface area (Å²) >= 11 is 0. The molecule has 0 bridgehead atoms. The van der Waals surface area contributed by atoms with Gasteiger partial charge in [0.25, 0.3) is 0 Å². The molecular formula is C10H15N3O. The van der Waals surface area contributed by atoms with Crippen LogP contribution in [0.4, 0.5) is 0 Å². The second kappa shape index (κ2) is 4.39. The number of nitrogens with zero attached hydrogens (tertiary/aromatic N) is 2. The molecule has 1 unspecified atom stereocenters. The number of rotatable bonds is 3. The SMILES string of the molecule is C=CC(c1ccon1)N1CCNCC1. The summed E-state index contributed by atoms with van der Waals surface area (Å²) in [5, 5.41) is 7.27. The highest BCUT2D eigenvalue weighted by Gasteiger charge is 2.20. The standard InChI is InChI=1S/C10H15N3O/c1-2-10(9-3-8-14-12-9)13-6-4-11-5-7-13/h2-3,8,10-11H,1,4-7H2. The third kappa shape index (κ3) is 1.86. The molecule has 0 radical (unpaired) electrons. The molecule has 1 saturated heterocycles. The Balaban J connectivity index is 2.08. The van der Waals surface area contributed by atoms with Gasteiger partial charge in [-0.25, -0.2) is 0 Å². The Morgan fingerprint density at radius 3 is 2.93 bits per heavy atom. The minimum atomic E-state index is 0.191. The van der Waals surface area contributed by atoms with Crippen molar-refractivity contribution < 1.29 is 4.52 Å². The van der Waals surface area contributed by atoms with E-state index in [1.165, 1.54) is 0 Å². The van der Waals surface area contributed by atoms with Gasteiger partial charge >= 0.3 is 0 Å². The predicted molar refractivity (Wildman–Crippen MR) is 53.9 cm³/mol. The average Bonchev–Trinajstić information content (AvgIpc) is 2.74. The lowest BCUT2D eigenvalue weighted by Crippen LogP contribution is -2.44. The van der Waals surface area contributed by atoms with E-state index in [0.717, 1.165) is 31.9 Å². The predicted octanol–water partition coefficient (Wildman–Crippen LogP) is 0.807. The van der Waals surface area contributed by atoms with Crippen LogP contribution in [0.5, 0.6) is 0 Å². The molecule has 0 aliphatic carbocycles. The maximum atomic E-state index is 4.85. The topological polar surface area (TPSA) is 41.3 Å². The Kier molecular flexibility index (Phi) is 2.96. The molecule has 2 rings (SSSR count). The van der Waals surface area contributed by atoms with Crippen LogP contribution in [0.25, 0.3) is 0 Å². The fourth-order valence-electron chi connectivity index (χ4n) is 1.79. The highest BCUT2D eigenvalue weighted by atomic mass is 16.5. The van der Waals surface area contributed by atoms with Crippen molar-refractivity contribution in [3.63, 3.8) is 0 Å². The van der Waals surface area contributed by atoms with Crippen molar-refractivity contribution in [2.24, 2.45) is 0 Å². The van der Waals surface area contributed by atoms with Gasteiger partial charge in [0.1, 0.15) is 12.0 Å². The van der Waals surface area contributed by atoms with Crippen LogP contribution in [0.3, 0.4) is 0 Å². The first-order valence-electron chi connectivity index (χ1n) is 4.89. The summed E-state index contributed by atoms with van der Waals surface area (Å²) in [4.78, 5) is 2.35. The van der Waals surface area contributed by atoms with Gasteiger partial charge in [0.15, 0.2) is 0 Å². The van der Waals surface area contributed by atoms with Crippen molar-refractivity contribution in [1.82, 2.24) is 15.4 Å². The molecule has 14 heavy (non-hydrogen) atoms. The summed E-state index contributed by atoms with van der Waals surface area (Å²) in [6.07, 6.45) is 3.53. The molecule has 4 nitrogen and oxygen atoms in total. The van der Waals surface area contributed by atoms with Crippen molar-refractivity contribution in [3.05, 3.63) is 30.7 Å². The molecular weight excluding hydrogens is 178 g/mol. The normalized spacial score (nSPS) is 20.6. The third-order valence-corrected chi connectivity index (χ3v) is 2.53. The molecule has 4 heteroatoms. The molecule has 1 aliphatic rings. The van der Waals surface area contributed by atoms with Crippen LogP contribution in [0.1, 0.15) is 11.7 Å². The van der Waals surface area contributed by atoms with Gasteiger partial charge in [-0.2, -0.15) is 0 Å². The van der Waals surface area contributed by atoms with E-state index in [0.29, 0.717) is 0 Å². The molecule has 0 amide bonds. The Bertz CT molecular complexity index is 278. The lowest BCUT2D eigenvalue weighted by atomic mass is 10.1. The Hall–Kier alpha value is -1.13. The average molecular weight is 193 g/mol. The van der Waals surface area contributed by atoms with Gasteiger partial charge in [-0.05, 0) is 0 Å². The summed E-state index contributed by atoms with van der Waals surface area (Å²) in [5.74, 6) is 0. The van der Waals surface area contributed by atoms with Crippen molar-refractivity contribution >= 4 is 0 Å². The number of aromatic nitrogens is 1. The van der Waals surface area contributed by atoms with E-state index in [1.54, 1.807) is 6.26 Å². The third-order valence-electron chi connectivity index (χ3n) is 2.53. The van der Waals surface area contributed by atoms with Crippen LogP contribution in [0.2, 0.25) is 0 Å². The van der Waals surface area contributed by atoms with Gasteiger partial charge in [-0.15, -0.1) is 6.58 Å². The van der Waals surface area contributed by atoms with Crippen molar-refractivity contribution in [2.45, 2.75) is 6.04 Å². The van der Waals surface area contributed by atoms with Gasteiger partial charge in [0.2, 0.25) is 0 Å². The van der Waals surface area contributed by atoms with E-state index < -0.39 is 0 Å². The molecule has 1 fully saturated rings. The number of hydrogen-bond donors (Lipinski definition) is 1. The molecule has 1 N–H and O–H groups in total. The van der Waals surface area contributed by atoms with Crippen LogP contribution in [-0.2, 0) is 0 Å². The van der Waals surface area contributed by atoms with Crippen LogP contribution >= 0.6 is 0 Å². The van der Waals surface area contributed by atoms with Gasteiger partial charge in [-0.3, -0.25) is 4.90 Å². The highest BCUT2D eigenvalue weighted by molar-refractivity contribution is 5.10. The highest BCUT2D eigenvalue weighted by Crippen LogP contribution is 2.19. The van der Waals surface area contributed by atoms with E-state index in [9.17, 15) is 0 Å². The van der Waals surface area contributed by atoms with Crippen molar-refractivity contribution in [3.8, 4) is 0 Å². The van der Waals surface area contributed by atoms with E-state index in [2.05, 4.69) is 22.0 Å². The molecule has 0 spiro atoms. The zero-order valence-electron chi connectivity index (χ0n) is 8.15. The molecule has 1 aromatic heterocycles. The number of hydrogen-bond acceptors (Lipinski definition) is 4. The van der Waals surface area contributed by atoms with Gasteiger partial charge < -0.3 is 9.84 Å². The van der Waals surface area contributed by atoms with E-state index in [1.807, 2.05) is 12.1 Å². The van der Waals surface area contributed by atoms with Gasteiger partial charge in [0.05, 0.1) is 6.04 Å². The van der Waals surface area contributed by atoms with E-state index in [4.69, 9.17) is 4.52 Å². The van der Waals surface area contributed by atoms with Crippen LogP contribution in [0.15, 0.2) is 29.5 Å². The summed E-state index contributed by atoms with van der Waals surface area (Å²) < 4.78 is 4.85. The monoisotopic (exact) mass is 193 g/mol. The fourth-order valence-corrected chi connectivity index (χ4v) is 1.79. The van der Waals surface area contributed by atoms with Crippen molar-refractivity contribution in [1.29, 1.82) is 0 Å². The molecule has 0 saturated carbocycles. The Morgan fingerprint density at radius 2 is 2.36 bits per heavy atom. The van der Waals surface area contributed by atoms with Crippen LogP contribution < -0.4 is 5.32 Å². The summed E-state index contributed by atoms with van der Waals surface area (Å²) in [7, 11) is 0. The maximum absolute atomic E-state index is 4.85. The molecule has 1 aliphatic heterocycles. The zero-order chi connectivity index (χ0) is 9.80. The van der Waals surface area contributed by atoms with Gasteiger partial charge in [-0.1, -0.05) is 11.2 Å². The summed E-state index contributed by atoms with van der Waals surface area (Å²) in [6.45, 7) is 7.97. The molecule has 1 aromatic rings. The number of nitrogens with one attached hydrogen (secondary N) is 1. The minimum absolute atomic E-state index is 0.191. The molecule has 1 atom stereocenters. The lowest BCUT2D eigenvalue weighted by Gasteiger charge is -2.31. The second-order valence-electron chi connectivity index (χ2n) is 3.39. The molecule has 0 aromatic carbocycles. The maximum Gasteiger partial charge on any atom is 0.124 e. The first-order valence-corrected chi connectivity index (χ1v) is 4.89. The Labute approximate surface area is 83.6 Å². The minimum Gasteiger partial charge on any atom is -0.364 e. The van der Waals surface area contributed by atoms with Crippen LogP contribution in [-0.4, -0.2) is 36.2 Å². The zero-order valence-corrected chi connectivity index (χ0v) is 8.15. The fraction of sp³-hybridized carbons (Fsp3) is 0.500. The van der Waals surface area contributed by atoms with E-state index >= 15 is 0 Å². The quantitative estimate of drug-likeness (QED) is 0.721. The lowest BCUT2D eigenvalue weighted by molar-refractivity contribution is 0.196. The number of piperazine rings is 1. The van der Waals surface area contributed by atoms with E-state index in [-0.39, 0.29) is 6.04 Å². The molecule has 76 valence electrons. The largest absolute Gasteiger partial charge is 0.364 e. The van der Waals surface area contributed by atoms with Crippen molar-refractivity contribution in [2.75, 3.05) is 26.2 Å². The Morgan fingerprint density at radius 1 is 1.57 bits per heavy atom. The second-order valence-corrected chi connectivity index (χ2v) is 3.39. The summed E-state index contributed by atoms with van der Waals surface area (Å²) in [5.41, 5.74) is 0.946. The first kappa shape index (κ1) is 9.43. The van der Waals surface area contributed by atoms with Crippen LogP contribution in [0, 0.1) is 0 Å².